The van der Waals surface area contributed by atoms with E-state index in [9.17, 15) is 0 Å². The van der Waals surface area contributed by atoms with Crippen LogP contribution in [0, 0.1) is 6.92 Å². The van der Waals surface area contributed by atoms with Crippen molar-refractivity contribution in [2.45, 2.75) is 32.7 Å². The monoisotopic (exact) mass is 465 g/mol. The first-order valence-corrected chi connectivity index (χ1v) is 12.1. The third kappa shape index (κ3) is 4.67. The Morgan fingerprint density at radius 2 is 1.71 bits per heavy atom. The highest BCUT2D eigenvalue weighted by Gasteiger charge is 2.12. The highest BCUT2D eigenvalue weighted by Crippen LogP contribution is 2.22. The van der Waals surface area contributed by atoms with E-state index in [1.54, 1.807) is 4.52 Å². The smallest absolute Gasteiger partial charge is 0.177 e. The van der Waals surface area contributed by atoms with Gasteiger partial charge < -0.3 is 4.90 Å². The summed E-state index contributed by atoms with van der Waals surface area (Å²) in [4.78, 5) is 11.8. The molecule has 0 radical (unpaired) electrons. The molecule has 1 fully saturated rings. The second-order valence-corrected chi connectivity index (χ2v) is 9.07. The predicted octanol–water partition coefficient (Wildman–Crippen LogP) is 3.44. The maximum Gasteiger partial charge on any atom is 0.177 e. The molecule has 1 saturated heterocycles. The van der Waals surface area contributed by atoms with Crippen LogP contribution in [0.2, 0.25) is 0 Å². The van der Waals surface area contributed by atoms with Gasteiger partial charge in [-0.25, -0.2) is 9.97 Å². The van der Waals surface area contributed by atoms with Crippen molar-refractivity contribution >= 4 is 5.65 Å². The van der Waals surface area contributed by atoms with Gasteiger partial charge in [-0.2, -0.15) is 14.7 Å². The first-order valence-electron chi connectivity index (χ1n) is 12.1. The van der Waals surface area contributed by atoms with Crippen molar-refractivity contribution in [2.24, 2.45) is 0 Å². The van der Waals surface area contributed by atoms with E-state index in [1.165, 1.54) is 25.9 Å². The number of likely N-dealkylation sites (tertiary alicyclic amines) is 1. The number of rotatable bonds is 7. The Labute approximate surface area is 203 Å². The molecular formula is C26H27N9. The molecule has 9 nitrogen and oxygen atoms in total. The van der Waals surface area contributed by atoms with Gasteiger partial charge in [-0.3, -0.25) is 4.68 Å². The summed E-state index contributed by atoms with van der Waals surface area (Å²) in [6, 6.07) is 12.1. The zero-order chi connectivity index (χ0) is 23.6. The SMILES string of the molecule is Cc1ccc2nnc(Cc3cccc(-c4ncc(-c5cnn(CCN6CCCC6)c5)cn4)c3)n2n1. The molecule has 1 aromatic carbocycles. The molecule has 35 heavy (non-hydrogen) atoms. The van der Waals surface area contributed by atoms with Crippen molar-refractivity contribution in [2.75, 3.05) is 19.6 Å². The molecule has 4 aromatic heterocycles. The van der Waals surface area contributed by atoms with Crippen molar-refractivity contribution in [1.29, 1.82) is 0 Å². The molecule has 0 aliphatic carbocycles. The Morgan fingerprint density at radius 3 is 2.57 bits per heavy atom. The number of aromatic nitrogens is 8. The van der Waals surface area contributed by atoms with Gasteiger partial charge in [0.05, 0.1) is 18.4 Å². The van der Waals surface area contributed by atoms with E-state index in [1.807, 2.05) is 54.5 Å². The minimum Gasteiger partial charge on any atom is -0.301 e. The molecule has 6 rings (SSSR count). The van der Waals surface area contributed by atoms with Crippen LogP contribution in [0.1, 0.15) is 29.9 Å². The van der Waals surface area contributed by atoms with E-state index in [0.717, 1.165) is 52.5 Å². The molecule has 1 aliphatic rings. The van der Waals surface area contributed by atoms with Crippen LogP contribution in [0.5, 0.6) is 0 Å². The van der Waals surface area contributed by atoms with E-state index in [4.69, 9.17) is 0 Å². The van der Waals surface area contributed by atoms with Crippen LogP contribution in [-0.2, 0) is 13.0 Å². The number of hydrogen-bond acceptors (Lipinski definition) is 7. The summed E-state index contributed by atoms with van der Waals surface area (Å²) in [5.74, 6) is 1.50. The highest BCUT2D eigenvalue weighted by molar-refractivity contribution is 5.62. The molecule has 0 amide bonds. The third-order valence-corrected chi connectivity index (χ3v) is 6.47. The van der Waals surface area contributed by atoms with E-state index in [2.05, 4.69) is 53.6 Å². The lowest BCUT2D eigenvalue weighted by Crippen LogP contribution is -2.24. The van der Waals surface area contributed by atoms with Gasteiger partial charge in [-0.1, -0.05) is 18.2 Å². The lowest BCUT2D eigenvalue weighted by molar-refractivity contribution is 0.316. The predicted molar refractivity (Wildman–Crippen MR) is 133 cm³/mol. The van der Waals surface area contributed by atoms with Crippen LogP contribution >= 0.6 is 0 Å². The van der Waals surface area contributed by atoms with Gasteiger partial charge in [-0.15, -0.1) is 10.2 Å². The van der Waals surface area contributed by atoms with Crippen molar-refractivity contribution in [3.05, 3.63) is 78.3 Å². The molecular weight excluding hydrogens is 438 g/mol. The first-order chi connectivity index (χ1) is 17.2. The van der Waals surface area contributed by atoms with Crippen molar-refractivity contribution in [3.8, 4) is 22.5 Å². The lowest BCUT2D eigenvalue weighted by atomic mass is 10.1. The molecule has 0 bridgehead atoms. The number of nitrogens with zero attached hydrogens (tertiary/aromatic N) is 9. The minimum atomic E-state index is 0.625. The van der Waals surface area contributed by atoms with Crippen molar-refractivity contribution < 1.29 is 0 Å². The van der Waals surface area contributed by atoms with Gasteiger partial charge >= 0.3 is 0 Å². The fourth-order valence-corrected chi connectivity index (χ4v) is 4.55. The van der Waals surface area contributed by atoms with Crippen LogP contribution in [0.25, 0.3) is 28.2 Å². The normalized spacial score (nSPS) is 14.2. The molecule has 0 spiro atoms. The summed E-state index contributed by atoms with van der Waals surface area (Å²) in [5.41, 5.74) is 5.75. The van der Waals surface area contributed by atoms with Gasteiger partial charge in [0.2, 0.25) is 0 Å². The van der Waals surface area contributed by atoms with Crippen molar-refractivity contribution in [3.63, 3.8) is 0 Å². The van der Waals surface area contributed by atoms with Crippen LogP contribution in [0.4, 0.5) is 0 Å². The van der Waals surface area contributed by atoms with Crippen LogP contribution in [0.3, 0.4) is 0 Å². The van der Waals surface area contributed by atoms with Gasteiger partial charge in [0.15, 0.2) is 17.3 Å². The topological polar surface area (TPSA) is 89.9 Å². The summed E-state index contributed by atoms with van der Waals surface area (Å²) in [7, 11) is 0. The zero-order valence-electron chi connectivity index (χ0n) is 19.7. The minimum absolute atomic E-state index is 0.625. The molecule has 0 N–H and O–H groups in total. The molecule has 1 aliphatic heterocycles. The lowest BCUT2D eigenvalue weighted by Gasteiger charge is -2.13. The van der Waals surface area contributed by atoms with Crippen LogP contribution in [0.15, 0.2) is 61.2 Å². The quantitative estimate of drug-likeness (QED) is 0.364. The van der Waals surface area contributed by atoms with E-state index in [-0.39, 0.29) is 0 Å². The number of benzene rings is 1. The Balaban J connectivity index is 1.16. The van der Waals surface area contributed by atoms with Gasteiger partial charge in [0, 0.05) is 48.2 Å². The number of hydrogen-bond donors (Lipinski definition) is 0. The maximum atomic E-state index is 4.64. The summed E-state index contributed by atoms with van der Waals surface area (Å²) >= 11 is 0. The van der Waals surface area contributed by atoms with E-state index >= 15 is 0 Å². The Hall–Kier alpha value is -3.98. The second kappa shape index (κ2) is 9.34. The van der Waals surface area contributed by atoms with Crippen molar-refractivity contribution in [1.82, 2.24) is 44.5 Å². The Morgan fingerprint density at radius 1 is 0.857 bits per heavy atom. The largest absolute Gasteiger partial charge is 0.301 e. The number of aryl methyl sites for hydroxylation is 1. The number of fused-ring (bicyclic) bond motifs is 1. The van der Waals surface area contributed by atoms with Gasteiger partial charge in [0.25, 0.3) is 0 Å². The summed E-state index contributed by atoms with van der Waals surface area (Å²) in [5, 5.41) is 17.6. The van der Waals surface area contributed by atoms with Gasteiger partial charge in [-0.05, 0) is 56.6 Å². The second-order valence-electron chi connectivity index (χ2n) is 9.07. The first kappa shape index (κ1) is 21.5. The average molecular weight is 466 g/mol. The maximum absolute atomic E-state index is 4.64. The Bertz CT molecular complexity index is 1450. The molecule has 9 heteroatoms. The molecule has 0 saturated carbocycles. The van der Waals surface area contributed by atoms with E-state index in [0.29, 0.717) is 12.2 Å². The summed E-state index contributed by atoms with van der Waals surface area (Å²) < 4.78 is 3.81. The molecule has 5 aromatic rings. The Kier molecular flexibility index (Phi) is 5.75. The third-order valence-electron chi connectivity index (χ3n) is 6.47. The van der Waals surface area contributed by atoms with Crippen LogP contribution < -0.4 is 0 Å². The molecule has 0 atom stereocenters. The molecule has 0 unspecified atom stereocenters. The van der Waals surface area contributed by atoms with E-state index < -0.39 is 0 Å². The molecule has 5 heterocycles. The summed E-state index contributed by atoms with van der Waals surface area (Å²) in [6.45, 7) is 6.33. The van der Waals surface area contributed by atoms with Crippen LogP contribution in [-0.4, -0.2) is 64.1 Å². The fraction of sp³-hybridized carbons (Fsp3) is 0.308. The average Bonchev–Trinajstić information content (AvgIpc) is 3.65. The summed E-state index contributed by atoms with van der Waals surface area (Å²) in [6.07, 6.45) is 11.0. The molecule has 176 valence electrons. The zero-order valence-corrected chi connectivity index (χ0v) is 19.7. The highest BCUT2D eigenvalue weighted by atomic mass is 15.4. The standard InChI is InChI=1S/C26H27N9/c1-19-7-8-24-30-31-25(35(24)32-19)14-20-5-4-6-21(13-20)26-27-15-22(16-28-26)23-17-29-34(18-23)12-11-33-9-2-3-10-33/h4-8,13,15-18H,2-3,9-12,14H2,1H3. The van der Waals surface area contributed by atoms with Gasteiger partial charge in [0.1, 0.15) is 0 Å². The fourth-order valence-electron chi connectivity index (χ4n) is 4.55.